The average molecular weight is 304 g/mol. The fourth-order valence-corrected chi connectivity index (χ4v) is 3.17. The van der Waals surface area contributed by atoms with Crippen molar-refractivity contribution in [3.05, 3.63) is 30.3 Å². The number of benzene rings is 1. The number of para-hydroxylation sites is 1. The summed E-state index contributed by atoms with van der Waals surface area (Å²) in [6.45, 7) is 2.40. The standard InChI is InChI=1S/C18H28N2O2/c1-2-16(14-21)20(17-11-7-4-8-12-17)13-18(22)19-15-9-5-3-6-10-15/h4,7-8,11-12,15-16,21H,2-3,5-6,9-10,13-14H2,1H3,(H,19,22). The number of hydrogen-bond acceptors (Lipinski definition) is 3. The number of nitrogens with zero attached hydrogens (tertiary/aromatic N) is 1. The molecule has 1 aromatic carbocycles. The Morgan fingerprint density at radius 3 is 2.55 bits per heavy atom. The second-order valence-electron chi connectivity index (χ2n) is 6.11. The van der Waals surface area contributed by atoms with Gasteiger partial charge in [-0.3, -0.25) is 4.79 Å². The van der Waals surface area contributed by atoms with Gasteiger partial charge in [0, 0.05) is 11.7 Å². The lowest BCUT2D eigenvalue weighted by molar-refractivity contribution is -0.120. The van der Waals surface area contributed by atoms with Crippen LogP contribution in [0.25, 0.3) is 0 Å². The summed E-state index contributed by atoms with van der Waals surface area (Å²) < 4.78 is 0. The highest BCUT2D eigenvalue weighted by Crippen LogP contribution is 2.19. The average Bonchev–Trinajstić information content (AvgIpc) is 2.56. The summed E-state index contributed by atoms with van der Waals surface area (Å²) in [4.78, 5) is 14.4. The smallest absolute Gasteiger partial charge is 0.239 e. The molecule has 1 saturated carbocycles. The van der Waals surface area contributed by atoms with Crippen LogP contribution in [0.5, 0.6) is 0 Å². The number of anilines is 1. The van der Waals surface area contributed by atoms with Crippen LogP contribution in [0.3, 0.4) is 0 Å². The summed E-state index contributed by atoms with van der Waals surface area (Å²) >= 11 is 0. The maximum Gasteiger partial charge on any atom is 0.239 e. The van der Waals surface area contributed by atoms with E-state index in [1.54, 1.807) is 0 Å². The molecule has 1 fully saturated rings. The molecule has 0 aromatic heterocycles. The van der Waals surface area contributed by atoms with Crippen molar-refractivity contribution in [3.8, 4) is 0 Å². The number of aliphatic hydroxyl groups excluding tert-OH is 1. The number of carbonyl (C=O) groups excluding carboxylic acids is 1. The minimum Gasteiger partial charge on any atom is -0.394 e. The number of aliphatic hydroxyl groups is 1. The van der Waals surface area contributed by atoms with Crippen molar-refractivity contribution < 1.29 is 9.90 Å². The summed E-state index contributed by atoms with van der Waals surface area (Å²) in [7, 11) is 0. The Balaban J connectivity index is 2.00. The molecule has 122 valence electrons. The van der Waals surface area contributed by atoms with E-state index in [1.165, 1.54) is 19.3 Å². The van der Waals surface area contributed by atoms with Crippen LogP contribution in [0.2, 0.25) is 0 Å². The monoisotopic (exact) mass is 304 g/mol. The molecule has 4 heteroatoms. The van der Waals surface area contributed by atoms with Crippen LogP contribution >= 0.6 is 0 Å². The van der Waals surface area contributed by atoms with Gasteiger partial charge >= 0.3 is 0 Å². The van der Waals surface area contributed by atoms with E-state index >= 15 is 0 Å². The summed E-state index contributed by atoms with van der Waals surface area (Å²) in [5, 5.41) is 12.8. The number of rotatable bonds is 7. The van der Waals surface area contributed by atoms with Gasteiger partial charge in [-0.1, -0.05) is 44.4 Å². The van der Waals surface area contributed by atoms with Crippen LogP contribution in [0, 0.1) is 0 Å². The lowest BCUT2D eigenvalue weighted by atomic mass is 9.95. The van der Waals surface area contributed by atoms with Gasteiger partial charge in [0.05, 0.1) is 19.2 Å². The third-order valence-corrected chi connectivity index (χ3v) is 4.49. The fourth-order valence-electron chi connectivity index (χ4n) is 3.17. The summed E-state index contributed by atoms with van der Waals surface area (Å²) in [5.74, 6) is 0.0580. The topological polar surface area (TPSA) is 52.6 Å². The molecular formula is C18H28N2O2. The first-order chi connectivity index (χ1) is 10.7. The Morgan fingerprint density at radius 2 is 1.95 bits per heavy atom. The second kappa shape index (κ2) is 8.79. The zero-order valence-electron chi connectivity index (χ0n) is 13.5. The zero-order chi connectivity index (χ0) is 15.8. The predicted octanol–water partition coefficient (Wildman–Crippen LogP) is 2.71. The van der Waals surface area contributed by atoms with E-state index in [-0.39, 0.29) is 18.6 Å². The van der Waals surface area contributed by atoms with Gasteiger partial charge in [0.25, 0.3) is 0 Å². The van der Waals surface area contributed by atoms with E-state index in [0.717, 1.165) is 24.9 Å². The summed E-state index contributed by atoms with van der Waals surface area (Å²) in [6.07, 6.45) is 6.69. The Morgan fingerprint density at radius 1 is 1.27 bits per heavy atom. The highest BCUT2D eigenvalue weighted by molar-refractivity contribution is 5.81. The van der Waals surface area contributed by atoms with Crippen LogP contribution in [0.4, 0.5) is 5.69 Å². The number of amides is 1. The molecule has 1 unspecified atom stereocenters. The quantitative estimate of drug-likeness (QED) is 0.814. The number of carbonyl (C=O) groups is 1. The molecule has 4 nitrogen and oxygen atoms in total. The third-order valence-electron chi connectivity index (χ3n) is 4.49. The van der Waals surface area contributed by atoms with Gasteiger partial charge in [-0.15, -0.1) is 0 Å². The predicted molar refractivity (Wildman–Crippen MR) is 90.0 cm³/mol. The molecule has 1 aromatic rings. The Kier molecular flexibility index (Phi) is 6.72. The molecule has 1 amide bonds. The van der Waals surface area contributed by atoms with Crippen LogP contribution in [-0.2, 0) is 4.79 Å². The van der Waals surface area contributed by atoms with E-state index in [4.69, 9.17) is 0 Å². The second-order valence-corrected chi connectivity index (χ2v) is 6.11. The van der Waals surface area contributed by atoms with Crippen molar-refractivity contribution in [3.63, 3.8) is 0 Å². The van der Waals surface area contributed by atoms with Gasteiger partial charge in [0.1, 0.15) is 0 Å². The van der Waals surface area contributed by atoms with Gasteiger partial charge in [0.15, 0.2) is 0 Å². The fraction of sp³-hybridized carbons (Fsp3) is 0.611. The van der Waals surface area contributed by atoms with Crippen molar-refractivity contribution >= 4 is 11.6 Å². The molecule has 1 aliphatic rings. The minimum atomic E-state index is -0.0282. The van der Waals surface area contributed by atoms with Crippen molar-refractivity contribution in [2.45, 2.75) is 57.5 Å². The SMILES string of the molecule is CCC(CO)N(CC(=O)NC1CCCCC1)c1ccccc1. The van der Waals surface area contributed by atoms with Crippen LogP contribution in [-0.4, -0.2) is 36.2 Å². The Bertz CT molecular complexity index is 440. The molecule has 2 N–H and O–H groups in total. The number of hydrogen-bond donors (Lipinski definition) is 2. The van der Waals surface area contributed by atoms with E-state index in [1.807, 2.05) is 42.2 Å². The first-order valence-corrected chi connectivity index (χ1v) is 8.46. The molecule has 0 saturated heterocycles. The van der Waals surface area contributed by atoms with Gasteiger partial charge < -0.3 is 15.3 Å². The van der Waals surface area contributed by atoms with Gasteiger partial charge in [0.2, 0.25) is 5.91 Å². The lowest BCUT2D eigenvalue weighted by Gasteiger charge is -2.32. The molecule has 0 radical (unpaired) electrons. The lowest BCUT2D eigenvalue weighted by Crippen LogP contribution is -2.47. The summed E-state index contributed by atoms with van der Waals surface area (Å²) in [5.41, 5.74) is 0.988. The van der Waals surface area contributed by atoms with Crippen molar-refractivity contribution in [2.75, 3.05) is 18.1 Å². The molecule has 0 bridgehead atoms. The van der Waals surface area contributed by atoms with Crippen LogP contribution < -0.4 is 10.2 Å². The molecule has 0 spiro atoms. The molecule has 1 atom stereocenters. The van der Waals surface area contributed by atoms with Gasteiger partial charge in [-0.2, -0.15) is 0 Å². The third kappa shape index (κ3) is 4.73. The van der Waals surface area contributed by atoms with Crippen LogP contribution in [0.1, 0.15) is 45.4 Å². The molecule has 0 aliphatic heterocycles. The van der Waals surface area contributed by atoms with Crippen LogP contribution in [0.15, 0.2) is 30.3 Å². The zero-order valence-corrected chi connectivity index (χ0v) is 13.5. The van der Waals surface area contributed by atoms with Crippen molar-refractivity contribution in [1.29, 1.82) is 0 Å². The Labute approximate surface area is 133 Å². The molecule has 0 heterocycles. The van der Waals surface area contributed by atoms with E-state index in [9.17, 15) is 9.90 Å². The largest absolute Gasteiger partial charge is 0.394 e. The maximum atomic E-state index is 12.4. The summed E-state index contributed by atoms with van der Waals surface area (Å²) in [6, 6.07) is 10.2. The van der Waals surface area contributed by atoms with E-state index in [0.29, 0.717) is 12.6 Å². The highest BCUT2D eigenvalue weighted by atomic mass is 16.3. The Hall–Kier alpha value is -1.55. The van der Waals surface area contributed by atoms with E-state index < -0.39 is 0 Å². The highest BCUT2D eigenvalue weighted by Gasteiger charge is 2.22. The van der Waals surface area contributed by atoms with Gasteiger partial charge in [-0.25, -0.2) is 0 Å². The first-order valence-electron chi connectivity index (χ1n) is 8.46. The van der Waals surface area contributed by atoms with Crippen molar-refractivity contribution in [1.82, 2.24) is 5.32 Å². The van der Waals surface area contributed by atoms with Crippen molar-refractivity contribution in [2.24, 2.45) is 0 Å². The normalized spacial score (nSPS) is 17.0. The molecular weight excluding hydrogens is 276 g/mol. The first kappa shape index (κ1) is 16.8. The molecule has 1 aliphatic carbocycles. The molecule has 22 heavy (non-hydrogen) atoms. The maximum absolute atomic E-state index is 12.4. The number of nitrogens with one attached hydrogen (secondary N) is 1. The van der Waals surface area contributed by atoms with Gasteiger partial charge in [-0.05, 0) is 31.4 Å². The minimum absolute atomic E-state index is 0.0282. The van der Waals surface area contributed by atoms with E-state index in [2.05, 4.69) is 5.32 Å². The molecule has 2 rings (SSSR count).